The zero-order valence-electron chi connectivity index (χ0n) is 18.0. The molecular formula is C23H47O2. The van der Waals surface area contributed by atoms with Gasteiger partial charge in [-0.05, 0) is 37.5 Å². The third kappa shape index (κ3) is 14.7. The van der Waals surface area contributed by atoms with E-state index in [0.29, 0.717) is 12.5 Å². The average Bonchev–Trinajstić information content (AvgIpc) is 2.59. The Morgan fingerprint density at radius 1 is 0.680 bits per heavy atom. The van der Waals surface area contributed by atoms with E-state index >= 15 is 0 Å². The molecule has 0 saturated carbocycles. The Morgan fingerprint density at radius 3 is 1.96 bits per heavy atom. The van der Waals surface area contributed by atoms with Crippen LogP contribution in [0.15, 0.2) is 0 Å². The van der Waals surface area contributed by atoms with Crippen molar-refractivity contribution in [2.75, 3.05) is 6.61 Å². The van der Waals surface area contributed by atoms with E-state index in [9.17, 15) is 5.11 Å². The molecule has 151 valence electrons. The van der Waals surface area contributed by atoms with Crippen LogP contribution in [0.5, 0.6) is 0 Å². The molecule has 0 aromatic carbocycles. The van der Waals surface area contributed by atoms with Gasteiger partial charge >= 0.3 is 0 Å². The van der Waals surface area contributed by atoms with Gasteiger partial charge in [-0.3, -0.25) is 0 Å². The molecule has 0 aliphatic rings. The summed E-state index contributed by atoms with van der Waals surface area (Å²) in [6.45, 7) is 11.9. The number of unbranched alkanes of at least 4 members (excludes halogenated alkanes) is 5. The Hall–Kier alpha value is -0.0800. The number of rotatable bonds is 18. The molecule has 0 bridgehead atoms. The van der Waals surface area contributed by atoms with Crippen molar-refractivity contribution >= 4 is 0 Å². The van der Waals surface area contributed by atoms with Gasteiger partial charge in [0, 0.05) is 5.92 Å². The molecule has 2 nitrogen and oxygen atoms in total. The van der Waals surface area contributed by atoms with Crippen LogP contribution in [0.25, 0.3) is 0 Å². The highest BCUT2D eigenvalue weighted by molar-refractivity contribution is 4.65. The predicted molar refractivity (Wildman–Crippen MR) is 109 cm³/mol. The van der Waals surface area contributed by atoms with E-state index in [2.05, 4.69) is 34.6 Å². The summed E-state index contributed by atoms with van der Waals surface area (Å²) in [4.78, 5) is 0. The second-order valence-corrected chi connectivity index (χ2v) is 8.43. The topological polar surface area (TPSA) is 29.1 Å². The largest absolute Gasteiger partial charge is 0.349 e. The lowest BCUT2D eigenvalue weighted by atomic mass is 9.93. The molecule has 0 aliphatic heterocycles. The first-order chi connectivity index (χ1) is 12.0. The highest BCUT2D eigenvalue weighted by Crippen LogP contribution is 2.24. The van der Waals surface area contributed by atoms with Crippen molar-refractivity contribution in [3.8, 4) is 0 Å². The average molecular weight is 356 g/mol. The molecule has 0 spiro atoms. The van der Waals surface area contributed by atoms with Crippen LogP contribution in [0, 0.1) is 17.8 Å². The normalized spacial score (nSPS) is 15.5. The van der Waals surface area contributed by atoms with Crippen molar-refractivity contribution in [3.05, 3.63) is 0 Å². The summed E-state index contributed by atoms with van der Waals surface area (Å²) in [5.41, 5.74) is 0. The van der Waals surface area contributed by atoms with Crippen LogP contribution >= 0.6 is 0 Å². The third-order valence-corrected chi connectivity index (χ3v) is 5.34. The molecule has 0 fully saturated rings. The summed E-state index contributed by atoms with van der Waals surface area (Å²) in [6.07, 6.45) is 14.9. The quantitative estimate of drug-likeness (QED) is 0.182. The van der Waals surface area contributed by atoms with Crippen molar-refractivity contribution in [3.63, 3.8) is 0 Å². The Kier molecular flexibility index (Phi) is 17.3. The van der Waals surface area contributed by atoms with Crippen LogP contribution in [-0.2, 0) is 9.84 Å². The fraction of sp³-hybridized carbons (Fsp3) is 1.00. The van der Waals surface area contributed by atoms with E-state index in [4.69, 9.17) is 4.74 Å². The molecule has 0 amide bonds. The summed E-state index contributed by atoms with van der Waals surface area (Å²) < 4.78 is 5.87. The standard InChI is InChI=1S/C23H47O2/c1-6-9-11-12-13-16-22(14-8-3)23(24)25-19-21(15-10-7-2)18-17-20(4)5/h20-23H,6-19H2,1-5H3. The molecule has 0 aromatic heterocycles. The Morgan fingerprint density at radius 2 is 1.36 bits per heavy atom. The lowest BCUT2D eigenvalue weighted by molar-refractivity contribution is -0.182. The maximum absolute atomic E-state index is 12.6. The van der Waals surface area contributed by atoms with Gasteiger partial charge in [-0.25, -0.2) is 5.11 Å². The van der Waals surface area contributed by atoms with Gasteiger partial charge in [0.1, 0.15) is 0 Å². The highest BCUT2D eigenvalue weighted by Gasteiger charge is 2.22. The molecule has 3 atom stereocenters. The molecule has 3 unspecified atom stereocenters. The van der Waals surface area contributed by atoms with Crippen molar-refractivity contribution in [1.82, 2.24) is 0 Å². The molecule has 0 aliphatic carbocycles. The number of ether oxygens (including phenoxy) is 1. The first-order valence-electron chi connectivity index (χ1n) is 11.3. The highest BCUT2D eigenvalue weighted by atomic mass is 16.6. The van der Waals surface area contributed by atoms with Crippen LogP contribution < -0.4 is 0 Å². The monoisotopic (exact) mass is 355 g/mol. The molecular weight excluding hydrogens is 308 g/mol. The molecule has 0 N–H and O–H groups in total. The van der Waals surface area contributed by atoms with E-state index < -0.39 is 6.29 Å². The van der Waals surface area contributed by atoms with Crippen molar-refractivity contribution in [1.29, 1.82) is 0 Å². The molecule has 2 heteroatoms. The molecule has 0 rings (SSSR count). The second-order valence-electron chi connectivity index (χ2n) is 8.43. The second kappa shape index (κ2) is 17.3. The van der Waals surface area contributed by atoms with Gasteiger partial charge in [0.05, 0.1) is 6.61 Å². The van der Waals surface area contributed by atoms with Crippen molar-refractivity contribution in [2.24, 2.45) is 17.8 Å². The van der Waals surface area contributed by atoms with Crippen LogP contribution in [0.2, 0.25) is 0 Å². The van der Waals surface area contributed by atoms with Gasteiger partial charge in [0.15, 0.2) is 6.29 Å². The molecule has 0 aromatic rings. The maximum Gasteiger partial charge on any atom is 0.194 e. The summed E-state index contributed by atoms with van der Waals surface area (Å²) in [5, 5.41) is 12.6. The van der Waals surface area contributed by atoms with Crippen LogP contribution in [0.4, 0.5) is 0 Å². The minimum absolute atomic E-state index is 0.212. The fourth-order valence-corrected chi connectivity index (χ4v) is 3.54. The van der Waals surface area contributed by atoms with E-state index in [0.717, 1.165) is 25.2 Å². The fourth-order valence-electron chi connectivity index (χ4n) is 3.54. The Bertz CT molecular complexity index is 265. The molecule has 1 radical (unpaired) electrons. The molecule has 0 saturated heterocycles. The number of hydrogen-bond donors (Lipinski definition) is 0. The smallest absolute Gasteiger partial charge is 0.194 e. The lowest BCUT2D eigenvalue weighted by Gasteiger charge is -2.24. The minimum atomic E-state index is -0.811. The van der Waals surface area contributed by atoms with E-state index in [1.807, 2.05) is 0 Å². The van der Waals surface area contributed by atoms with E-state index in [1.165, 1.54) is 64.2 Å². The zero-order valence-corrected chi connectivity index (χ0v) is 18.0. The lowest BCUT2D eigenvalue weighted by Crippen LogP contribution is -2.25. The Balaban J connectivity index is 4.25. The summed E-state index contributed by atoms with van der Waals surface area (Å²) >= 11 is 0. The predicted octanol–water partition coefficient (Wildman–Crippen LogP) is 7.78. The summed E-state index contributed by atoms with van der Waals surface area (Å²) in [7, 11) is 0. The first-order valence-corrected chi connectivity index (χ1v) is 11.3. The zero-order chi connectivity index (χ0) is 18.9. The first kappa shape index (κ1) is 24.9. The van der Waals surface area contributed by atoms with Crippen molar-refractivity contribution < 1.29 is 9.84 Å². The summed E-state index contributed by atoms with van der Waals surface area (Å²) in [6, 6.07) is 0. The van der Waals surface area contributed by atoms with Crippen LogP contribution in [0.1, 0.15) is 118 Å². The van der Waals surface area contributed by atoms with Crippen molar-refractivity contribution in [2.45, 2.75) is 124 Å². The van der Waals surface area contributed by atoms with Gasteiger partial charge < -0.3 is 4.74 Å². The number of hydrogen-bond acceptors (Lipinski definition) is 1. The third-order valence-electron chi connectivity index (χ3n) is 5.34. The van der Waals surface area contributed by atoms with Gasteiger partial charge in [-0.15, -0.1) is 0 Å². The van der Waals surface area contributed by atoms with Crippen LogP contribution in [0.3, 0.4) is 0 Å². The maximum atomic E-state index is 12.6. The molecule has 0 heterocycles. The van der Waals surface area contributed by atoms with Crippen LogP contribution in [-0.4, -0.2) is 12.9 Å². The molecule has 25 heavy (non-hydrogen) atoms. The van der Waals surface area contributed by atoms with Gasteiger partial charge in [0.25, 0.3) is 0 Å². The summed E-state index contributed by atoms with van der Waals surface area (Å²) in [5.74, 6) is 1.53. The van der Waals surface area contributed by atoms with E-state index in [-0.39, 0.29) is 5.92 Å². The van der Waals surface area contributed by atoms with Gasteiger partial charge in [-0.1, -0.05) is 92.4 Å². The van der Waals surface area contributed by atoms with Gasteiger partial charge in [-0.2, -0.15) is 0 Å². The SMILES string of the molecule is CCCCCCCC(CCC)C([O])OCC(CCCC)CCC(C)C. The minimum Gasteiger partial charge on any atom is -0.349 e. The van der Waals surface area contributed by atoms with Gasteiger partial charge in [0.2, 0.25) is 0 Å². The van der Waals surface area contributed by atoms with E-state index in [1.54, 1.807) is 0 Å². The Labute approximate surface area is 159 Å².